The van der Waals surface area contributed by atoms with Crippen LogP contribution in [0, 0.1) is 5.82 Å². The standard InChI is InChI=1S/C13H12FNO2/c1-9(16)11-5-2-6-12(14)13(11)17-10-4-3-7-15-8-10/h2-9,16H,1H3/t9-/m0/s1. The van der Waals surface area contributed by atoms with Crippen molar-refractivity contribution in [2.75, 3.05) is 0 Å². The summed E-state index contributed by atoms with van der Waals surface area (Å²) < 4.78 is 19.0. The molecule has 0 spiro atoms. The molecule has 3 nitrogen and oxygen atoms in total. The highest BCUT2D eigenvalue weighted by Crippen LogP contribution is 2.31. The maximum Gasteiger partial charge on any atom is 0.168 e. The molecule has 1 aromatic carbocycles. The van der Waals surface area contributed by atoms with Crippen molar-refractivity contribution in [2.45, 2.75) is 13.0 Å². The molecule has 2 aromatic rings. The molecule has 0 saturated carbocycles. The number of nitrogens with zero attached hydrogens (tertiary/aromatic N) is 1. The molecule has 2 rings (SSSR count). The van der Waals surface area contributed by atoms with Crippen molar-refractivity contribution in [1.82, 2.24) is 4.98 Å². The van der Waals surface area contributed by atoms with Crippen LogP contribution in [0.15, 0.2) is 42.7 Å². The second-order valence-corrected chi connectivity index (χ2v) is 3.62. The minimum atomic E-state index is -0.794. The number of hydrogen-bond acceptors (Lipinski definition) is 3. The van der Waals surface area contributed by atoms with Crippen LogP contribution in [0.5, 0.6) is 11.5 Å². The maximum absolute atomic E-state index is 13.6. The van der Waals surface area contributed by atoms with Crippen LogP contribution in [0.4, 0.5) is 4.39 Å². The summed E-state index contributed by atoms with van der Waals surface area (Å²) in [6, 6.07) is 7.81. The molecule has 0 amide bonds. The molecule has 4 heteroatoms. The highest BCUT2D eigenvalue weighted by Gasteiger charge is 2.14. The molecule has 0 aliphatic heterocycles. The highest BCUT2D eigenvalue weighted by molar-refractivity contribution is 5.39. The van der Waals surface area contributed by atoms with Crippen LogP contribution in [0.1, 0.15) is 18.6 Å². The Kier molecular flexibility index (Phi) is 3.35. The van der Waals surface area contributed by atoms with E-state index in [4.69, 9.17) is 4.74 Å². The van der Waals surface area contributed by atoms with Gasteiger partial charge in [-0.1, -0.05) is 12.1 Å². The van der Waals surface area contributed by atoms with Crippen LogP contribution >= 0.6 is 0 Å². The van der Waals surface area contributed by atoms with Crippen molar-refractivity contribution in [3.63, 3.8) is 0 Å². The van der Waals surface area contributed by atoms with Crippen LogP contribution in [0.25, 0.3) is 0 Å². The van der Waals surface area contributed by atoms with Gasteiger partial charge in [-0.15, -0.1) is 0 Å². The Morgan fingerprint density at radius 3 is 2.76 bits per heavy atom. The molecule has 1 N–H and O–H groups in total. The lowest BCUT2D eigenvalue weighted by atomic mass is 10.1. The number of aromatic nitrogens is 1. The second-order valence-electron chi connectivity index (χ2n) is 3.62. The van der Waals surface area contributed by atoms with Gasteiger partial charge >= 0.3 is 0 Å². The van der Waals surface area contributed by atoms with E-state index < -0.39 is 11.9 Å². The van der Waals surface area contributed by atoms with Gasteiger partial charge in [0.25, 0.3) is 0 Å². The summed E-state index contributed by atoms with van der Waals surface area (Å²) in [6.07, 6.45) is 2.29. The van der Waals surface area contributed by atoms with Crippen LogP contribution in [-0.2, 0) is 0 Å². The zero-order valence-corrected chi connectivity index (χ0v) is 9.30. The lowest BCUT2D eigenvalue weighted by molar-refractivity contribution is 0.194. The third-order valence-corrected chi connectivity index (χ3v) is 2.30. The highest BCUT2D eigenvalue weighted by atomic mass is 19.1. The average Bonchev–Trinajstić information content (AvgIpc) is 2.33. The minimum absolute atomic E-state index is 0.0375. The Bertz CT molecular complexity index is 500. The van der Waals surface area contributed by atoms with Crippen molar-refractivity contribution >= 4 is 0 Å². The first-order valence-electron chi connectivity index (χ1n) is 5.23. The number of hydrogen-bond donors (Lipinski definition) is 1. The van der Waals surface area contributed by atoms with Gasteiger partial charge in [0.05, 0.1) is 12.3 Å². The SMILES string of the molecule is C[C@H](O)c1cccc(F)c1Oc1cccnc1. The van der Waals surface area contributed by atoms with Gasteiger partial charge in [0.1, 0.15) is 5.75 Å². The smallest absolute Gasteiger partial charge is 0.168 e. The maximum atomic E-state index is 13.6. The van der Waals surface area contributed by atoms with Gasteiger partial charge in [0, 0.05) is 11.8 Å². The summed E-state index contributed by atoms with van der Waals surface area (Å²) in [5.74, 6) is -0.0396. The average molecular weight is 233 g/mol. The third kappa shape index (κ3) is 2.60. The predicted molar refractivity (Wildman–Crippen MR) is 61.3 cm³/mol. The van der Waals surface area contributed by atoms with Crippen LogP contribution < -0.4 is 4.74 Å². The second kappa shape index (κ2) is 4.93. The fourth-order valence-electron chi connectivity index (χ4n) is 1.49. The Balaban J connectivity index is 2.38. The molecule has 1 atom stereocenters. The summed E-state index contributed by atoms with van der Waals surface area (Å²) in [4.78, 5) is 3.88. The zero-order chi connectivity index (χ0) is 12.3. The number of para-hydroxylation sites is 1. The van der Waals surface area contributed by atoms with E-state index in [0.29, 0.717) is 11.3 Å². The molecule has 1 heterocycles. The molecular weight excluding hydrogens is 221 g/mol. The molecule has 0 fully saturated rings. The summed E-state index contributed by atoms with van der Waals surface area (Å²) in [7, 11) is 0. The van der Waals surface area contributed by atoms with E-state index in [9.17, 15) is 9.50 Å². The van der Waals surface area contributed by atoms with E-state index in [1.54, 1.807) is 31.3 Å². The van der Waals surface area contributed by atoms with E-state index in [1.165, 1.54) is 18.3 Å². The quantitative estimate of drug-likeness (QED) is 0.885. The molecule has 1 aromatic heterocycles. The number of aliphatic hydroxyl groups excluding tert-OH is 1. The molecule has 0 unspecified atom stereocenters. The number of benzene rings is 1. The molecule has 17 heavy (non-hydrogen) atoms. The lowest BCUT2D eigenvalue weighted by Crippen LogP contribution is -1.98. The predicted octanol–water partition coefficient (Wildman–Crippen LogP) is 3.07. The minimum Gasteiger partial charge on any atom is -0.452 e. The number of pyridine rings is 1. The molecule has 0 aliphatic rings. The van der Waals surface area contributed by atoms with Crippen molar-refractivity contribution < 1.29 is 14.2 Å². The summed E-state index contributed by atoms with van der Waals surface area (Å²) in [5.41, 5.74) is 0.411. The van der Waals surface area contributed by atoms with Gasteiger partial charge < -0.3 is 9.84 Å². The van der Waals surface area contributed by atoms with Crippen LogP contribution in [0.3, 0.4) is 0 Å². The first-order valence-corrected chi connectivity index (χ1v) is 5.23. The first kappa shape index (κ1) is 11.5. The van der Waals surface area contributed by atoms with Gasteiger partial charge in [-0.3, -0.25) is 4.98 Å². The van der Waals surface area contributed by atoms with Crippen molar-refractivity contribution in [1.29, 1.82) is 0 Å². The Hall–Kier alpha value is -1.94. The van der Waals surface area contributed by atoms with E-state index in [2.05, 4.69) is 4.98 Å². The first-order chi connectivity index (χ1) is 8.18. The van der Waals surface area contributed by atoms with Crippen molar-refractivity contribution in [3.8, 4) is 11.5 Å². The Morgan fingerprint density at radius 2 is 2.12 bits per heavy atom. The Labute approximate surface area is 98.5 Å². The molecule has 0 aliphatic carbocycles. The summed E-state index contributed by atoms with van der Waals surface area (Å²) in [6.45, 7) is 1.56. The van der Waals surface area contributed by atoms with Crippen molar-refractivity contribution in [2.24, 2.45) is 0 Å². The van der Waals surface area contributed by atoms with E-state index in [1.807, 2.05) is 0 Å². The van der Waals surface area contributed by atoms with Crippen LogP contribution in [0.2, 0.25) is 0 Å². The number of aliphatic hydroxyl groups is 1. The van der Waals surface area contributed by atoms with E-state index in [-0.39, 0.29) is 5.75 Å². The molecule has 0 saturated heterocycles. The number of rotatable bonds is 3. The lowest BCUT2D eigenvalue weighted by Gasteiger charge is -2.13. The largest absolute Gasteiger partial charge is 0.452 e. The van der Waals surface area contributed by atoms with Gasteiger partial charge in [0.15, 0.2) is 11.6 Å². The fourth-order valence-corrected chi connectivity index (χ4v) is 1.49. The molecular formula is C13H12FNO2. The fraction of sp³-hybridized carbons (Fsp3) is 0.154. The van der Waals surface area contributed by atoms with Gasteiger partial charge in [0.2, 0.25) is 0 Å². The third-order valence-electron chi connectivity index (χ3n) is 2.30. The Morgan fingerprint density at radius 1 is 1.29 bits per heavy atom. The van der Waals surface area contributed by atoms with Gasteiger partial charge in [-0.05, 0) is 25.1 Å². The van der Waals surface area contributed by atoms with E-state index in [0.717, 1.165) is 0 Å². The van der Waals surface area contributed by atoms with E-state index >= 15 is 0 Å². The summed E-state index contributed by atoms with van der Waals surface area (Å²) in [5, 5.41) is 9.54. The van der Waals surface area contributed by atoms with Crippen LogP contribution in [-0.4, -0.2) is 10.1 Å². The summed E-state index contributed by atoms with van der Waals surface area (Å²) >= 11 is 0. The number of ether oxygens (including phenoxy) is 1. The van der Waals surface area contributed by atoms with Crippen molar-refractivity contribution in [3.05, 3.63) is 54.1 Å². The molecule has 0 radical (unpaired) electrons. The van der Waals surface area contributed by atoms with Gasteiger partial charge in [-0.2, -0.15) is 0 Å². The topological polar surface area (TPSA) is 42.4 Å². The monoisotopic (exact) mass is 233 g/mol. The van der Waals surface area contributed by atoms with Gasteiger partial charge in [-0.25, -0.2) is 4.39 Å². The number of halogens is 1. The normalized spacial score (nSPS) is 12.2. The zero-order valence-electron chi connectivity index (χ0n) is 9.30. The molecule has 0 bridgehead atoms. The molecule has 88 valence electrons.